The van der Waals surface area contributed by atoms with Crippen LogP contribution in [0.1, 0.15) is 16.7 Å². The van der Waals surface area contributed by atoms with Crippen molar-refractivity contribution in [2.45, 2.75) is 20.8 Å². The Morgan fingerprint density at radius 2 is 1.67 bits per heavy atom. The molecule has 5 nitrogen and oxygen atoms in total. The first-order valence-electron chi connectivity index (χ1n) is 9.11. The van der Waals surface area contributed by atoms with Gasteiger partial charge in [0, 0.05) is 36.9 Å². The van der Waals surface area contributed by atoms with E-state index in [9.17, 15) is 4.79 Å². The van der Waals surface area contributed by atoms with E-state index in [0.29, 0.717) is 18.1 Å². The van der Waals surface area contributed by atoms with Crippen molar-refractivity contribution in [1.82, 2.24) is 4.90 Å². The van der Waals surface area contributed by atoms with Crippen LogP contribution in [0.4, 0.5) is 16.2 Å². The molecule has 2 aromatic rings. The number of hydrogen-bond acceptors (Lipinski definition) is 3. The second-order valence-corrected chi connectivity index (χ2v) is 7.43. The fourth-order valence-electron chi connectivity index (χ4n) is 3.62. The van der Waals surface area contributed by atoms with Crippen LogP contribution in [-0.4, -0.2) is 44.2 Å². The maximum atomic E-state index is 12.7. The molecule has 144 valence electrons. The highest BCUT2D eigenvalue weighted by molar-refractivity contribution is 6.30. The van der Waals surface area contributed by atoms with Gasteiger partial charge < -0.3 is 19.9 Å². The molecule has 6 heteroatoms. The van der Waals surface area contributed by atoms with Crippen LogP contribution < -0.4 is 15.0 Å². The van der Waals surface area contributed by atoms with Crippen LogP contribution in [0.3, 0.4) is 0 Å². The van der Waals surface area contributed by atoms with E-state index in [1.807, 2.05) is 36.9 Å². The zero-order valence-corrected chi connectivity index (χ0v) is 17.1. The number of urea groups is 1. The highest BCUT2D eigenvalue weighted by Gasteiger charge is 2.24. The quantitative estimate of drug-likeness (QED) is 0.835. The molecule has 27 heavy (non-hydrogen) atoms. The molecule has 2 amide bonds. The zero-order valence-electron chi connectivity index (χ0n) is 16.3. The first-order chi connectivity index (χ1) is 12.9. The van der Waals surface area contributed by atoms with Gasteiger partial charge in [-0.15, -0.1) is 0 Å². The number of anilines is 2. The van der Waals surface area contributed by atoms with Gasteiger partial charge in [-0.3, -0.25) is 0 Å². The molecule has 0 radical (unpaired) electrons. The average molecular weight is 388 g/mol. The highest BCUT2D eigenvalue weighted by Crippen LogP contribution is 2.32. The summed E-state index contributed by atoms with van der Waals surface area (Å²) in [5.74, 6) is 0.795. The Bertz CT molecular complexity index is 822. The minimum absolute atomic E-state index is 0.0530. The number of carbonyl (C=O) groups is 1. The number of piperazine rings is 1. The van der Waals surface area contributed by atoms with Crippen LogP contribution in [0.15, 0.2) is 30.3 Å². The Balaban J connectivity index is 1.66. The van der Waals surface area contributed by atoms with Gasteiger partial charge in [-0.1, -0.05) is 29.3 Å². The number of halogens is 1. The number of ether oxygens (including phenoxy) is 1. The molecule has 1 aliphatic heterocycles. The summed E-state index contributed by atoms with van der Waals surface area (Å²) in [7, 11) is 1.66. The number of hydrogen-bond donors (Lipinski definition) is 1. The van der Waals surface area contributed by atoms with Crippen LogP contribution in [0.5, 0.6) is 5.75 Å². The molecule has 0 bridgehead atoms. The molecule has 0 atom stereocenters. The normalized spacial score (nSPS) is 14.3. The summed E-state index contributed by atoms with van der Waals surface area (Å²) in [5.41, 5.74) is 5.25. The molecule has 3 rings (SSSR count). The molecule has 1 N–H and O–H groups in total. The predicted octanol–water partition coefficient (Wildman–Crippen LogP) is 4.63. The topological polar surface area (TPSA) is 44.8 Å². The summed E-state index contributed by atoms with van der Waals surface area (Å²) in [6.45, 7) is 8.87. The fraction of sp³-hybridized carbons (Fsp3) is 0.381. The minimum Gasteiger partial charge on any atom is -0.495 e. The summed E-state index contributed by atoms with van der Waals surface area (Å²) < 4.78 is 5.45. The van der Waals surface area contributed by atoms with Crippen LogP contribution in [0.2, 0.25) is 5.02 Å². The van der Waals surface area contributed by atoms with Crippen molar-refractivity contribution >= 4 is 29.0 Å². The third-order valence-electron chi connectivity index (χ3n) is 4.96. The molecule has 0 unspecified atom stereocenters. The molecule has 1 aliphatic rings. The van der Waals surface area contributed by atoms with Gasteiger partial charge in [0.25, 0.3) is 0 Å². The molecule has 0 aromatic heterocycles. The van der Waals surface area contributed by atoms with Crippen LogP contribution >= 0.6 is 11.6 Å². The van der Waals surface area contributed by atoms with Crippen LogP contribution in [0, 0.1) is 20.8 Å². The standard InChI is InChI=1S/C21H26ClN3O2/c1-14-11-15(2)20(16(3)12-14)23-21(26)25-9-7-24(8-10-25)18-13-17(22)5-6-19(18)27-4/h5-6,11-13H,7-10H2,1-4H3,(H,23,26). The number of nitrogens with zero attached hydrogens (tertiary/aromatic N) is 2. The third kappa shape index (κ3) is 4.30. The van der Waals surface area contributed by atoms with Crippen molar-refractivity contribution in [2.75, 3.05) is 43.5 Å². The van der Waals surface area contributed by atoms with Crippen LogP contribution in [0.25, 0.3) is 0 Å². The molecule has 1 saturated heterocycles. The van der Waals surface area contributed by atoms with Gasteiger partial charge in [-0.05, 0) is 50.1 Å². The smallest absolute Gasteiger partial charge is 0.321 e. The average Bonchev–Trinajstić information content (AvgIpc) is 2.64. The van der Waals surface area contributed by atoms with E-state index in [1.165, 1.54) is 5.56 Å². The number of aryl methyl sites for hydroxylation is 3. The lowest BCUT2D eigenvalue weighted by Gasteiger charge is -2.36. The number of rotatable bonds is 3. The van der Waals surface area contributed by atoms with E-state index < -0.39 is 0 Å². The lowest BCUT2D eigenvalue weighted by atomic mass is 10.1. The number of nitrogens with one attached hydrogen (secondary N) is 1. The van der Waals surface area contributed by atoms with Crippen molar-refractivity contribution in [3.05, 3.63) is 52.0 Å². The number of methoxy groups -OCH3 is 1. The first-order valence-corrected chi connectivity index (χ1v) is 9.49. The van der Waals surface area contributed by atoms with E-state index in [2.05, 4.69) is 29.3 Å². The lowest BCUT2D eigenvalue weighted by Crippen LogP contribution is -2.50. The van der Waals surface area contributed by atoms with Crippen molar-refractivity contribution < 1.29 is 9.53 Å². The Kier molecular flexibility index (Phi) is 5.80. The van der Waals surface area contributed by atoms with Crippen molar-refractivity contribution in [2.24, 2.45) is 0 Å². The van der Waals surface area contributed by atoms with E-state index >= 15 is 0 Å². The predicted molar refractivity (Wildman–Crippen MR) is 111 cm³/mol. The first kappa shape index (κ1) is 19.4. The molecule has 0 saturated carbocycles. The zero-order chi connectivity index (χ0) is 19.6. The highest BCUT2D eigenvalue weighted by atomic mass is 35.5. The van der Waals surface area contributed by atoms with E-state index in [1.54, 1.807) is 7.11 Å². The second kappa shape index (κ2) is 8.09. The van der Waals surface area contributed by atoms with Gasteiger partial charge in [0.1, 0.15) is 5.75 Å². The Morgan fingerprint density at radius 3 is 2.26 bits per heavy atom. The fourth-order valence-corrected chi connectivity index (χ4v) is 3.79. The Morgan fingerprint density at radius 1 is 1.04 bits per heavy atom. The minimum atomic E-state index is -0.0530. The molecule has 1 fully saturated rings. The summed E-state index contributed by atoms with van der Waals surface area (Å²) in [5, 5.41) is 3.76. The van der Waals surface area contributed by atoms with Gasteiger partial charge in [-0.2, -0.15) is 0 Å². The second-order valence-electron chi connectivity index (χ2n) is 6.99. The van der Waals surface area contributed by atoms with Crippen molar-refractivity contribution in [3.8, 4) is 5.75 Å². The maximum Gasteiger partial charge on any atom is 0.321 e. The Labute approximate surface area is 165 Å². The molecule has 1 heterocycles. The Hall–Kier alpha value is -2.40. The van der Waals surface area contributed by atoms with Gasteiger partial charge in [-0.25, -0.2) is 4.79 Å². The lowest BCUT2D eigenvalue weighted by molar-refractivity contribution is 0.208. The van der Waals surface area contributed by atoms with Crippen molar-refractivity contribution in [3.63, 3.8) is 0 Å². The van der Waals surface area contributed by atoms with Crippen LogP contribution in [-0.2, 0) is 0 Å². The summed E-state index contributed by atoms with van der Waals surface area (Å²) >= 11 is 6.15. The van der Waals surface area contributed by atoms with E-state index in [0.717, 1.165) is 41.3 Å². The molecular formula is C21H26ClN3O2. The van der Waals surface area contributed by atoms with Gasteiger partial charge in [0.15, 0.2) is 0 Å². The molecule has 0 spiro atoms. The van der Waals surface area contributed by atoms with Gasteiger partial charge >= 0.3 is 6.03 Å². The summed E-state index contributed by atoms with van der Waals surface area (Å²) in [6.07, 6.45) is 0. The van der Waals surface area contributed by atoms with E-state index in [-0.39, 0.29) is 6.03 Å². The largest absolute Gasteiger partial charge is 0.495 e. The van der Waals surface area contributed by atoms with E-state index in [4.69, 9.17) is 16.3 Å². The monoisotopic (exact) mass is 387 g/mol. The molecule has 2 aromatic carbocycles. The molecular weight excluding hydrogens is 362 g/mol. The van der Waals surface area contributed by atoms with Gasteiger partial charge in [0.05, 0.1) is 12.8 Å². The third-order valence-corrected chi connectivity index (χ3v) is 5.19. The van der Waals surface area contributed by atoms with Gasteiger partial charge in [0.2, 0.25) is 0 Å². The number of amides is 2. The molecule has 0 aliphatic carbocycles. The van der Waals surface area contributed by atoms with Crippen molar-refractivity contribution in [1.29, 1.82) is 0 Å². The maximum absolute atomic E-state index is 12.7. The summed E-state index contributed by atoms with van der Waals surface area (Å²) in [4.78, 5) is 16.8. The number of carbonyl (C=O) groups excluding carboxylic acids is 1. The number of benzene rings is 2. The summed E-state index contributed by atoms with van der Waals surface area (Å²) in [6, 6.07) is 9.73. The SMILES string of the molecule is COc1ccc(Cl)cc1N1CCN(C(=O)Nc2c(C)cc(C)cc2C)CC1.